The van der Waals surface area contributed by atoms with Crippen LogP contribution in [-0.2, 0) is 13.3 Å². The third-order valence-corrected chi connectivity index (χ3v) is 4.98. The maximum absolute atomic E-state index is 10.0. The van der Waals surface area contributed by atoms with E-state index >= 15 is 0 Å². The Morgan fingerprint density at radius 3 is 1.80 bits per heavy atom. The summed E-state index contributed by atoms with van der Waals surface area (Å²) in [5, 5.41) is 2.82. The van der Waals surface area contributed by atoms with Gasteiger partial charge in [0, 0.05) is 25.9 Å². The molecule has 0 spiro atoms. The summed E-state index contributed by atoms with van der Waals surface area (Å²) in [6, 6.07) is 0.661. The van der Waals surface area contributed by atoms with Gasteiger partial charge >= 0.3 is 8.80 Å². The average molecular weight is 235 g/mol. The molecular formula is C9H21NO4Si. The van der Waals surface area contributed by atoms with Crippen molar-refractivity contribution >= 4 is 8.80 Å². The minimum atomic E-state index is -2.53. The molecule has 0 aliphatic carbocycles. The lowest BCUT2D eigenvalue weighted by Crippen LogP contribution is -2.46. The summed E-state index contributed by atoms with van der Waals surface area (Å²) in [5.41, 5.74) is 0. The fourth-order valence-electron chi connectivity index (χ4n) is 1.36. The second-order valence-corrected chi connectivity index (χ2v) is 5.67. The van der Waals surface area contributed by atoms with Gasteiger partial charge in [-0.05, 0) is 27.2 Å². The van der Waals surface area contributed by atoms with Crippen LogP contribution in [0.15, 0.2) is 5.18 Å². The summed E-state index contributed by atoms with van der Waals surface area (Å²) in [6.07, 6.45) is 0.662. The van der Waals surface area contributed by atoms with Gasteiger partial charge in [-0.25, -0.2) is 0 Å². The summed E-state index contributed by atoms with van der Waals surface area (Å²) in [7, 11) is -2.53. The van der Waals surface area contributed by atoms with Crippen molar-refractivity contribution in [2.45, 2.75) is 33.2 Å². The van der Waals surface area contributed by atoms with Crippen LogP contribution >= 0.6 is 0 Å². The van der Waals surface area contributed by atoms with E-state index in [1.165, 1.54) is 0 Å². The van der Waals surface area contributed by atoms with Gasteiger partial charge in [0.1, 0.15) is 0 Å². The minimum Gasteiger partial charge on any atom is -0.374 e. The van der Waals surface area contributed by atoms with Crippen LogP contribution in [0.4, 0.5) is 0 Å². The third kappa shape index (κ3) is 5.98. The molecule has 0 bridgehead atoms. The van der Waals surface area contributed by atoms with Crippen LogP contribution in [0.3, 0.4) is 0 Å². The molecule has 0 aliphatic heterocycles. The first-order valence-corrected chi connectivity index (χ1v) is 7.38. The maximum Gasteiger partial charge on any atom is 0.500 e. The SMILES string of the molecule is CCO[Si](CCCN=O)(OCC)OCC. The molecule has 0 heterocycles. The maximum atomic E-state index is 10.0. The Kier molecular flexibility index (Phi) is 8.78. The van der Waals surface area contributed by atoms with Crippen molar-refractivity contribution < 1.29 is 13.3 Å². The minimum absolute atomic E-state index is 0.294. The summed E-state index contributed by atoms with van der Waals surface area (Å²) in [4.78, 5) is 10.0. The molecule has 0 aromatic rings. The van der Waals surface area contributed by atoms with Gasteiger partial charge < -0.3 is 13.3 Å². The first kappa shape index (κ1) is 14.7. The lowest BCUT2D eigenvalue weighted by molar-refractivity contribution is 0.0710. The first-order valence-electron chi connectivity index (χ1n) is 5.45. The number of rotatable bonds is 10. The highest BCUT2D eigenvalue weighted by atomic mass is 28.4. The monoisotopic (exact) mass is 235 g/mol. The lowest BCUT2D eigenvalue weighted by Gasteiger charge is -2.28. The smallest absolute Gasteiger partial charge is 0.374 e. The van der Waals surface area contributed by atoms with Crippen LogP contribution in [0.5, 0.6) is 0 Å². The van der Waals surface area contributed by atoms with Gasteiger partial charge in [0.05, 0.1) is 6.54 Å². The van der Waals surface area contributed by atoms with Crippen molar-refractivity contribution in [2.24, 2.45) is 5.18 Å². The molecule has 6 heteroatoms. The molecule has 0 radical (unpaired) electrons. The molecule has 0 saturated heterocycles. The molecule has 0 N–H and O–H groups in total. The fraction of sp³-hybridized carbons (Fsp3) is 1.00. The Labute approximate surface area is 92.4 Å². The van der Waals surface area contributed by atoms with Gasteiger partial charge in [0.2, 0.25) is 0 Å². The predicted octanol–water partition coefficient (Wildman–Crippen LogP) is 2.19. The van der Waals surface area contributed by atoms with Crippen LogP contribution in [0, 0.1) is 4.91 Å². The molecule has 0 unspecified atom stereocenters. The molecule has 0 fully saturated rings. The van der Waals surface area contributed by atoms with E-state index < -0.39 is 8.80 Å². The van der Waals surface area contributed by atoms with Crippen molar-refractivity contribution in [1.82, 2.24) is 0 Å². The van der Waals surface area contributed by atoms with E-state index in [0.717, 1.165) is 0 Å². The highest BCUT2D eigenvalue weighted by molar-refractivity contribution is 6.60. The van der Waals surface area contributed by atoms with Crippen molar-refractivity contribution in [3.63, 3.8) is 0 Å². The van der Waals surface area contributed by atoms with E-state index in [1.54, 1.807) is 0 Å². The van der Waals surface area contributed by atoms with Crippen molar-refractivity contribution in [3.05, 3.63) is 4.91 Å². The molecule has 0 atom stereocenters. The lowest BCUT2D eigenvalue weighted by atomic mass is 10.5. The van der Waals surface area contributed by atoms with Crippen molar-refractivity contribution in [1.29, 1.82) is 0 Å². The topological polar surface area (TPSA) is 57.1 Å². The molecule has 5 nitrogen and oxygen atoms in total. The van der Waals surface area contributed by atoms with Crippen LogP contribution in [0.1, 0.15) is 27.2 Å². The molecule has 0 aromatic heterocycles. The Balaban J connectivity index is 4.24. The van der Waals surface area contributed by atoms with E-state index in [9.17, 15) is 4.91 Å². The Morgan fingerprint density at radius 1 is 1.00 bits per heavy atom. The number of nitrogens with zero attached hydrogens (tertiary/aromatic N) is 1. The van der Waals surface area contributed by atoms with Gasteiger partial charge in [0.15, 0.2) is 0 Å². The molecule has 0 amide bonds. The predicted molar refractivity (Wildman–Crippen MR) is 60.7 cm³/mol. The molecule has 0 saturated carbocycles. The Morgan fingerprint density at radius 2 is 1.47 bits per heavy atom. The van der Waals surface area contributed by atoms with E-state index in [0.29, 0.717) is 38.8 Å². The van der Waals surface area contributed by atoms with E-state index in [2.05, 4.69) is 5.18 Å². The molecule has 15 heavy (non-hydrogen) atoms. The zero-order valence-electron chi connectivity index (χ0n) is 9.82. The highest BCUT2D eigenvalue weighted by Gasteiger charge is 2.39. The molecule has 90 valence electrons. The summed E-state index contributed by atoms with van der Waals surface area (Å²) < 4.78 is 16.8. The van der Waals surface area contributed by atoms with Gasteiger partial charge in [0.25, 0.3) is 0 Å². The Hall–Kier alpha value is -0.303. The van der Waals surface area contributed by atoms with Gasteiger partial charge in [-0.15, -0.1) is 0 Å². The molecule has 0 rings (SSSR count). The third-order valence-electron chi connectivity index (χ3n) is 1.83. The quantitative estimate of drug-likeness (QED) is 0.331. The van der Waals surface area contributed by atoms with Gasteiger partial charge in [-0.1, -0.05) is 5.18 Å². The van der Waals surface area contributed by atoms with Crippen molar-refractivity contribution in [3.8, 4) is 0 Å². The number of nitroso groups, excluding NO2 is 1. The molecule has 0 aromatic carbocycles. The van der Waals surface area contributed by atoms with E-state index in [4.69, 9.17) is 13.3 Å². The van der Waals surface area contributed by atoms with Gasteiger partial charge in [-0.2, -0.15) is 4.91 Å². The number of hydrogen-bond acceptors (Lipinski definition) is 5. The first-order chi connectivity index (χ1) is 7.24. The van der Waals surface area contributed by atoms with Crippen LogP contribution in [0.25, 0.3) is 0 Å². The normalized spacial score (nSPS) is 11.7. The summed E-state index contributed by atoms with van der Waals surface area (Å²) in [6.45, 7) is 7.75. The van der Waals surface area contributed by atoms with Crippen LogP contribution in [-0.4, -0.2) is 35.2 Å². The highest BCUT2D eigenvalue weighted by Crippen LogP contribution is 2.17. The Bertz CT molecular complexity index is 151. The van der Waals surface area contributed by atoms with Crippen molar-refractivity contribution in [2.75, 3.05) is 26.4 Å². The van der Waals surface area contributed by atoms with Gasteiger partial charge in [-0.3, -0.25) is 0 Å². The summed E-state index contributed by atoms with van der Waals surface area (Å²) in [5.74, 6) is 0. The van der Waals surface area contributed by atoms with Crippen LogP contribution in [0.2, 0.25) is 6.04 Å². The zero-order chi connectivity index (χ0) is 11.6. The second-order valence-electron chi connectivity index (χ2n) is 2.94. The fourth-order valence-corrected chi connectivity index (χ4v) is 3.95. The molecule has 0 aliphatic rings. The number of hydrogen-bond donors (Lipinski definition) is 0. The van der Waals surface area contributed by atoms with E-state index in [-0.39, 0.29) is 0 Å². The summed E-state index contributed by atoms with van der Waals surface area (Å²) >= 11 is 0. The molecular weight excluding hydrogens is 214 g/mol. The largest absolute Gasteiger partial charge is 0.500 e. The van der Waals surface area contributed by atoms with E-state index in [1.807, 2.05) is 20.8 Å². The van der Waals surface area contributed by atoms with Crippen LogP contribution < -0.4 is 0 Å². The zero-order valence-corrected chi connectivity index (χ0v) is 10.8. The average Bonchev–Trinajstić information content (AvgIpc) is 2.19. The standard InChI is InChI=1S/C9H21NO4Si/c1-4-12-15(13-5-2,14-6-3)9-7-8-10-11/h4-9H2,1-3H3. The second kappa shape index (κ2) is 8.96.